The summed E-state index contributed by atoms with van der Waals surface area (Å²) in [5.41, 5.74) is 1.49. The standard InChI is InChI=1S/C13H15NO3/c1-2-12(15)14-8-7-10(13(16)17)9-5-3-4-6-11(9)14/h3-6,10H,2,7-8H2,1H3,(H,16,17). The molecule has 1 N–H and O–H groups in total. The number of aliphatic carboxylic acids is 1. The van der Waals surface area contributed by atoms with Crippen LogP contribution in [-0.2, 0) is 9.59 Å². The molecule has 1 heterocycles. The van der Waals surface area contributed by atoms with Gasteiger partial charge in [0.2, 0.25) is 5.91 Å². The van der Waals surface area contributed by atoms with Crippen LogP contribution in [0, 0.1) is 0 Å². The molecule has 1 aliphatic heterocycles. The van der Waals surface area contributed by atoms with Crippen LogP contribution in [0.1, 0.15) is 31.2 Å². The predicted molar refractivity (Wildman–Crippen MR) is 64.1 cm³/mol. The molecular formula is C13H15NO3. The fourth-order valence-electron chi connectivity index (χ4n) is 2.27. The molecule has 2 rings (SSSR count). The van der Waals surface area contributed by atoms with Crippen molar-refractivity contribution in [3.63, 3.8) is 0 Å². The zero-order valence-electron chi connectivity index (χ0n) is 9.72. The van der Waals surface area contributed by atoms with E-state index in [1.807, 2.05) is 25.1 Å². The van der Waals surface area contributed by atoms with Gasteiger partial charge in [-0.05, 0) is 18.1 Å². The quantitative estimate of drug-likeness (QED) is 0.850. The number of anilines is 1. The topological polar surface area (TPSA) is 57.6 Å². The number of benzene rings is 1. The van der Waals surface area contributed by atoms with Gasteiger partial charge in [-0.15, -0.1) is 0 Å². The van der Waals surface area contributed by atoms with Crippen molar-refractivity contribution in [2.75, 3.05) is 11.4 Å². The van der Waals surface area contributed by atoms with Gasteiger partial charge in [-0.25, -0.2) is 0 Å². The minimum atomic E-state index is -0.818. The van der Waals surface area contributed by atoms with E-state index >= 15 is 0 Å². The van der Waals surface area contributed by atoms with Crippen molar-refractivity contribution >= 4 is 17.6 Å². The first-order valence-electron chi connectivity index (χ1n) is 5.77. The minimum Gasteiger partial charge on any atom is -0.481 e. The molecule has 0 fully saturated rings. The Hall–Kier alpha value is -1.84. The second-order valence-electron chi connectivity index (χ2n) is 4.14. The third-order valence-electron chi connectivity index (χ3n) is 3.15. The fraction of sp³-hybridized carbons (Fsp3) is 0.385. The summed E-state index contributed by atoms with van der Waals surface area (Å²) in [7, 11) is 0. The monoisotopic (exact) mass is 233 g/mol. The van der Waals surface area contributed by atoms with E-state index in [4.69, 9.17) is 5.11 Å². The van der Waals surface area contributed by atoms with Gasteiger partial charge in [0.1, 0.15) is 0 Å². The summed E-state index contributed by atoms with van der Waals surface area (Å²) in [6.45, 7) is 2.30. The summed E-state index contributed by atoms with van der Waals surface area (Å²) in [6, 6.07) is 7.26. The lowest BCUT2D eigenvalue weighted by molar-refractivity contribution is -0.139. The third-order valence-corrected chi connectivity index (χ3v) is 3.15. The minimum absolute atomic E-state index is 0.0429. The highest BCUT2D eigenvalue weighted by atomic mass is 16.4. The number of carbonyl (C=O) groups is 2. The number of para-hydroxylation sites is 1. The second kappa shape index (κ2) is 4.57. The molecule has 90 valence electrons. The molecule has 1 atom stereocenters. The highest BCUT2D eigenvalue weighted by Crippen LogP contribution is 2.35. The van der Waals surface area contributed by atoms with E-state index in [-0.39, 0.29) is 5.91 Å². The van der Waals surface area contributed by atoms with E-state index in [0.29, 0.717) is 19.4 Å². The number of hydrogen-bond donors (Lipinski definition) is 1. The summed E-state index contributed by atoms with van der Waals surface area (Å²) in [6.07, 6.45) is 0.921. The molecule has 0 saturated heterocycles. The zero-order chi connectivity index (χ0) is 12.4. The Morgan fingerprint density at radius 3 is 2.76 bits per heavy atom. The second-order valence-corrected chi connectivity index (χ2v) is 4.14. The van der Waals surface area contributed by atoms with Crippen LogP contribution in [0.15, 0.2) is 24.3 Å². The van der Waals surface area contributed by atoms with Crippen molar-refractivity contribution < 1.29 is 14.7 Å². The smallest absolute Gasteiger partial charge is 0.311 e. The number of nitrogens with zero attached hydrogens (tertiary/aromatic N) is 1. The summed E-state index contributed by atoms with van der Waals surface area (Å²) in [5, 5.41) is 9.16. The number of hydrogen-bond acceptors (Lipinski definition) is 2. The molecule has 0 saturated carbocycles. The lowest BCUT2D eigenvalue weighted by Crippen LogP contribution is -2.37. The summed E-state index contributed by atoms with van der Waals surface area (Å²) in [5.74, 6) is -1.27. The van der Waals surface area contributed by atoms with Gasteiger partial charge in [0, 0.05) is 18.7 Å². The van der Waals surface area contributed by atoms with Gasteiger partial charge >= 0.3 is 5.97 Å². The van der Waals surface area contributed by atoms with Crippen molar-refractivity contribution in [2.45, 2.75) is 25.7 Å². The first-order chi connectivity index (χ1) is 8.15. The fourth-order valence-corrected chi connectivity index (χ4v) is 2.27. The number of rotatable bonds is 2. The molecule has 1 amide bonds. The van der Waals surface area contributed by atoms with Crippen LogP contribution in [-0.4, -0.2) is 23.5 Å². The van der Waals surface area contributed by atoms with E-state index in [1.54, 1.807) is 11.0 Å². The number of amides is 1. The number of carbonyl (C=O) groups excluding carboxylic acids is 1. The molecule has 1 aromatic rings. The van der Waals surface area contributed by atoms with Crippen LogP contribution in [0.3, 0.4) is 0 Å². The molecule has 0 radical (unpaired) electrons. The molecular weight excluding hydrogens is 218 g/mol. The van der Waals surface area contributed by atoms with E-state index in [1.165, 1.54) is 0 Å². The van der Waals surface area contributed by atoms with Crippen molar-refractivity contribution in [3.8, 4) is 0 Å². The van der Waals surface area contributed by atoms with E-state index < -0.39 is 11.9 Å². The molecule has 4 heteroatoms. The average molecular weight is 233 g/mol. The molecule has 0 aromatic heterocycles. The molecule has 17 heavy (non-hydrogen) atoms. The van der Waals surface area contributed by atoms with Crippen LogP contribution in [0.2, 0.25) is 0 Å². The van der Waals surface area contributed by atoms with Gasteiger partial charge in [0.15, 0.2) is 0 Å². The van der Waals surface area contributed by atoms with Crippen molar-refractivity contribution in [1.82, 2.24) is 0 Å². The Bertz CT molecular complexity index is 456. The first-order valence-corrected chi connectivity index (χ1v) is 5.77. The van der Waals surface area contributed by atoms with Crippen molar-refractivity contribution in [3.05, 3.63) is 29.8 Å². The molecule has 4 nitrogen and oxygen atoms in total. The van der Waals surface area contributed by atoms with Crippen LogP contribution in [0.25, 0.3) is 0 Å². The Morgan fingerprint density at radius 2 is 2.12 bits per heavy atom. The van der Waals surface area contributed by atoms with Gasteiger partial charge in [-0.2, -0.15) is 0 Å². The molecule has 1 aliphatic rings. The summed E-state index contributed by atoms with van der Waals surface area (Å²) < 4.78 is 0. The maximum Gasteiger partial charge on any atom is 0.311 e. The Balaban J connectivity index is 2.43. The maximum atomic E-state index is 11.8. The Morgan fingerprint density at radius 1 is 1.41 bits per heavy atom. The van der Waals surface area contributed by atoms with Crippen LogP contribution >= 0.6 is 0 Å². The third kappa shape index (κ3) is 2.02. The highest BCUT2D eigenvalue weighted by Gasteiger charge is 2.31. The Kier molecular flexibility index (Phi) is 3.13. The van der Waals surface area contributed by atoms with Crippen molar-refractivity contribution in [1.29, 1.82) is 0 Å². The van der Waals surface area contributed by atoms with Gasteiger partial charge in [0.25, 0.3) is 0 Å². The Labute approximate surface area is 99.9 Å². The highest BCUT2D eigenvalue weighted by molar-refractivity contribution is 5.96. The number of carboxylic acid groups (broad SMARTS) is 1. The zero-order valence-corrected chi connectivity index (χ0v) is 9.72. The van der Waals surface area contributed by atoms with Crippen LogP contribution in [0.4, 0.5) is 5.69 Å². The molecule has 0 bridgehead atoms. The summed E-state index contributed by atoms with van der Waals surface area (Å²) in [4.78, 5) is 24.6. The molecule has 0 spiro atoms. The lowest BCUT2D eigenvalue weighted by Gasteiger charge is -2.32. The number of fused-ring (bicyclic) bond motifs is 1. The van der Waals surface area contributed by atoms with Gasteiger partial charge in [0.05, 0.1) is 5.92 Å². The average Bonchev–Trinajstić information content (AvgIpc) is 2.36. The van der Waals surface area contributed by atoms with Crippen LogP contribution in [0.5, 0.6) is 0 Å². The van der Waals surface area contributed by atoms with Crippen LogP contribution < -0.4 is 4.90 Å². The normalized spacial score (nSPS) is 18.6. The van der Waals surface area contributed by atoms with E-state index in [0.717, 1.165) is 11.3 Å². The lowest BCUT2D eigenvalue weighted by atomic mass is 9.90. The maximum absolute atomic E-state index is 11.8. The summed E-state index contributed by atoms with van der Waals surface area (Å²) >= 11 is 0. The first kappa shape index (κ1) is 11.6. The van der Waals surface area contributed by atoms with Gasteiger partial charge < -0.3 is 10.0 Å². The molecule has 1 aromatic carbocycles. The van der Waals surface area contributed by atoms with Crippen molar-refractivity contribution in [2.24, 2.45) is 0 Å². The van der Waals surface area contributed by atoms with E-state index in [2.05, 4.69) is 0 Å². The molecule has 0 aliphatic carbocycles. The van der Waals surface area contributed by atoms with Gasteiger partial charge in [-0.1, -0.05) is 25.1 Å². The largest absolute Gasteiger partial charge is 0.481 e. The SMILES string of the molecule is CCC(=O)N1CCC(C(=O)O)c2ccccc21. The van der Waals surface area contributed by atoms with Gasteiger partial charge in [-0.3, -0.25) is 9.59 Å². The molecule has 1 unspecified atom stereocenters. The number of carboxylic acids is 1. The predicted octanol–water partition coefficient (Wildman–Crippen LogP) is 2.00. The van der Waals surface area contributed by atoms with E-state index in [9.17, 15) is 9.59 Å².